The van der Waals surface area contributed by atoms with Gasteiger partial charge in [0.25, 0.3) is 0 Å². The average Bonchev–Trinajstić information content (AvgIpc) is 2.77. The molecule has 0 atom stereocenters. The lowest BCUT2D eigenvalue weighted by molar-refractivity contribution is 0.805. The SMILES string of the molecule is C=Cc1ccc(Cn2c(Br)cc3c(Cl)nc(Cl)nc32)cc1. The Morgan fingerprint density at radius 3 is 2.57 bits per heavy atom. The molecule has 0 N–H and O–H groups in total. The van der Waals surface area contributed by atoms with Crippen molar-refractivity contribution in [1.82, 2.24) is 14.5 Å². The lowest BCUT2D eigenvalue weighted by Crippen LogP contribution is -2.01. The van der Waals surface area contributed by atoms with Crippen LogP contribution in [0.4, 0.5) is 0 Å². The van der Waals surface area contributed by atoms with Crippen LogP contribution in [-0.4, -0.2) is 14.5 Å². The zero-order valence-corrected chi connectivity index (χ0v) is 14.0. The summed E-state index contributed by atoms with van der Waals surface area (Å²) in [6, 6.07) is 10.1. The van der Waals surface area contributed by atoms with E-state index in [0.717, 1.165) is 21.1 Å². The summed E-state index contributed by atoms with van der Waals surface area (Å²) >= 11 is 15.5. The molecule has 0 fully saturated rings. The third-order valence-corrected chi connectivity index (χ3v) is 4.30. The molecule has 0 amide bonds. The number of aromatic nitrogens is 3. The topological polar surface area (TPSA) is 30.7 Å². The molecule has 0 radical (unpaired) electrons. The third-order valence-electron chi connectivity index (χ3n) is 3.18. The van der Waals surface area contributed by atoms with Crippen LogP contribution < -0.4 is 0 Å². The molecule has 0 saturated heterocycles. The Balaban J connectivity index is 2.07. The number of benzene rings is 1. The molecule has 2 aromatic heterocycles. The van der Waals surface area contributed by atoms with Crippen LogP contribution in [0.5, 0.6) is 0 Å². The number of fused-ring (bicyclic) bond motifs is 1. The minimum atomic E-state index is 0.140. The van der Waals surface area contributed by atoms with Crippen molar-refractivity contribution >= 4 is 56.2 Å². The van der Waals surface area contributed by atoms with E-state index in [2.05, 4.69) is 44.6 Å². The highest BCUT2D eigenvalue weighted by atomic mass is 79.9. The Morgan fingerprint density at radius 1 is 1.19 bits per heavy atom. The molecule has 3 nitrogen and oxygen atoms in total. The van der Waals surface area contributed by atoms with E-state index in [1.165, 1.54) is 0 Å². The van der Waals surface area contributed by atoms with Crippen LogP contribution in [0.25, 0.3) is 17.1 Å². The standard InChI is InChI=1S/C15H10BrCl2N3/c1-2-9-3-5-10(6-4-9)8-21-12(16)7-11-13(17)19-15(18)20-14(11)21/h2-7H,1,8H2. The van der Waals surface area contributed by atoms with Crippen LogP contribution >= 0.6 is 39.1 Å². The largest absolute Gasteiger partial charge is 0.315 e. The Hall–Kier alpha value is -1.36. The summed E-state index contributed by atoms with van der Waals surface area (Å²) in [5.74, 6) is 0. The summed E-state index contributed by atoms with van der Waals surface area (Å²) in [6.45, 7) is 4.41. The van der Waals surface area contributed by atoms with E-state index in [0.29, 0.717) is 17.3 Å². The Kier molecular flexibility index (Phi) is 4.02. The van der Waals surface area contributed by atoms with Crippen LogP contribution in [0.15, 0.2) is 41.5 Å². The van der Waals surface area contributed by atoms with Crippen molar-refractivity contribution < 1.29 is 0 Å². The monoisotopic (exact) mass is 381 g/mol. The second kappa shape index (κ2) is 5.79. The van der Waals surface area contributed by atoms with Gasteiger partial charge in [0.15, 0.2) is 0 Å². The van der Waals surface area contributed by atoms with E-state index in [1.54, 1.807) is 0 Å². The van der Waals surface area contributed by atoms with Crippen molar-refractivity contribution in [3.63, 3.8) is 0 Å². The second-order valence-corrected chi connectivity index (χ2v) is 6.03. The molecule has 6 heteroatoms. The molecule has 0 aliphatic carbocycles. The molecule has 3 rings (SSSR count). The summed E-state index contributed by atoms with van der Waals surface area (Å²) in [6.07, 6.45) is 1.82. The van der Waals surface area contributed by atoms with Gasteiger partial charge in [0.05, 0.1) is 16.5 Å². The van der Waals surface area contributed by atoms with Gasteiger partial charge in [0, 0.05) is 0 Å². The van der Waals surface area contributed by atoms with Gasteiger partial charge < -0.3 is 4.57 Å². The summed E-state index contributed by atoms with van der Waals surface area (Å²) in [7, 11) is 0. The highest BCUT2D eigenvalue weighted by molar-refractivity contribution is 9.10. The van der Waals surface area contributed by atoms with Gasteiger partial charge in [-0.05, 0) is 44.7 Å². The van der Waals surface area contributed by atoms with Crippen LogP contribution in [-0.2, 0) is 6.54 Å². The normalized spacial score (nSPS) is 11.0. The first kappa shape index (κ1) is 14.6. The molecule has 0 saturated carbocycles. The third kappa shape index (κ3) is 2.84. The van der Waals surface area contributed by atoms with Gasteiger partial charge in [0.1, 0.15) is 10.8 Å². The summed E-state index contributed by atoms with van der Waals surface area (Å²) in [4.78, 5) is 8.23. The highest BCUT2D eigenvalue weighted by Crippen LogP contribution is 2.29. The molecule has 3 aromatic rings. The maximum Gasteiger partial charge on any atom is 0.225 e. The van der Waals surface area contributed by atoms with E-state index < -0.39 is 0 Å². The van der Waals surface area contributed by atoms with Gasteiger partial charge in [-0.2, -0.15) is 4.98 Å². The van der Waals surface area contributed by atoms with Crippen LogP contribution in [0.3, 0.4) is 0 Å². The molecule has 0 aliphatic rings. The molecule has 0 aliphatic heterocycles. The Labute approximate surface area is 140 Å². The lowest BCUT2D eigenvalue weighted by Gasteiger charge is -2.07. The quantitative estimate of drug-likeness (QED) is 0.460. The fourth-order valence-electron chi connectivity index (χ4n) is 2.13. The van der Waals surface area contributed by atoms with E-state index in [9.17, 15) is 0 Å². The van der Waals surface area contributed by atoms with E-state index >= 15 is 0 Å². The summed E-state index contributed by atoms with van der Waals surface area (Å²) in [5.41, 5.74) is 2.94. The first-order valence-electron chi connectivity index (χ1n) is 6.17. The molecular formula is C15H10BrCl2N3. The first-order valence-corrected chi connectivity index (χ1v) is 7.72. The van der Waals surface area contributed by atoms with E-state index in [4.69, 9.17) is 23.2 Å². The van der Waals surface area contributed by atoms with E-state index in [1.807, 2.05) is 28.8 Å². The fourth-order valence-corrected chi connectivity index (χ4v) is 3.08. The molecule has 1 aromatic carbocycles. The van der Waals surface area contributed by atoms with Gasteiger partial charge >= 0.3 is 0 Å². The maximum absolute atomic E-state index is 6.11. The first-order chi connectivity index (χ1) is 10.1. The van der Waals surface area contributed by atoms with Crippen LogP contribution in [0.2, 0.25) is 10.4 Å². The second-order valence-electron chi connectivity index (χ2n) is 4.52. The average molecular weight is 383 g/mol. The van der Waals surface area contributed by atoms with Crippen LogP contribution in [0, 0.1) is 0 Å². The molecule has 0 unspecified atom stereocenters. The molecule has 0 bridgehead atoms. The fraction of sp³-hybridized carbons (Fsp3) is 0.0667. The van der Waals surface area contributed by atoms with E-state index in [-0.39, 0.29) is 5.28 Å². The van der Waals surface area contributed by atoms with Gasteiger partial charge in [-0.25, -0.2) is 4.98 Å². The van der Waals surface area contributed by atoms with Crippen molar-refractivity contribution in [2.45, 2.75) is 6.54 Å². The molecule has 0 spiro atoms. The van der Waals surface area contributed by atoms with Gasteiger partial charge in [0.2, 0.25) is 5.28 Å². The van der Waals surface area contributed by atoms with Crippen molar-refractivity contribution in [2.24, 2.45) is 0 Å². The maximum atomic E-state index is 6.11. The van der Waals surface area contributed by atoms with Crippen molar-refractivity contribution in [3.05, 3.63) is 63.1 Å². The molecule has 106 valence electrons. The highest BCUT2D eigenvalue weighted by Gasteiger charge is 2.13. The zero-order valence-electron chi connectivity index (χ0n) is 10.9. The minimum absolute atomic E-state index is 0.140. The number of hydrogen-bond donors (Lipinski definition) is 0. The molecule has 21 heavy (non-hydrogen) atoms. The predicted molar refractivity (Wildman–Crippen MR) is 90.9 cm³/mol. The van der Waals surface area contributed by atoms with Crippen molar-refractivity contribution in [3.8, 4) is 0 Å². The minimum Gasteiger partial charge on any atom is -0.315 e. The van der Waals surface area contributed by atoms with Crippen molar-refractivity contribution in [2.75, 3.05) is 0 Å². The van der Waals surface area contributed by atoms with Gasteiger partial charge in [-0.15, -0.1) is 0 Å². The number of hydrogen-bond acceptors (Lipinski definition) is 2. The number of halogens is 3. The lowest BCUT2D eigenvalue weighted by atomic mass is 10.1. The Morgan fingerprint density at radius 2 is 1.90 bits per heavy atom. The van der Waals surface area contributed by atoms with Gasteiger partial charge in [-0.3, -0.25) is 0 Å². The zero-order chi connectivity index (χ0) is 15.0. The molecule has 2 heterocycles. The summed E-state index contributed by atoms with van der Waals surface area (Å²) in [5, 5.41) is 1.27. The Bertz CT molecular complexity index is 825. The van der Waals surface area contributed by atoms with Crippen molar-refractivity contribution in [1.29, 1.82) is 0 Å². The van der Waals surface area contributed by atoms with Crippen LogP contribution in [0.1, 0.15) is 11.1 Å². The van der Waals surface area contributed by atoms with Gasteiger partial charge in [-0.1, -0.05) is 48.5 Å². The molecular weight excluding hydrogens is 373 g/mol. The number of nitrogens with zero attached hydrogens (tertiary/aromatic N) is 3. The smallest absolute Gasteiger partial charge is 0.225 e. The summed E-state index contributed by atoms with van der Waals surface area (Å²) < 4.78 is 2.88. The predicted octanol–water partition coefficient (Wildman–Crippen LogP) is 5.19. The number of rotatable bonds is 3.